The fraction of sp³-hybridized carbons (Fsp3) is 1.00. The van der Waals surface area contributed by atoms with E-state index in [1.807, 2.05) is 18.8 Å². The number of aliphatic hydroxyl groups is 1. The molecule has 74 valence electrons. The smallest absolute Gasteiger partial charge is 0.0584 e. The molecule has 0 radical (unpaired) electrons. The van der Waals surface area contributed by atoms with Gasteiger partial charge in [-0.15, -0.1) is 0 Å². The summed E-state index contributed by atoms with van der Waals surface area (Å²) in [5.41, 5.74) is 0. The number of ether oxygens (including phenoxy) is 1. The van der Waals surface area contributed by atoms with Gasteiger partial charge in [-0.3, -0.25) is 0 Å². The highest BCUT2D eigenvalue weighted by molar-refractivity contribution is 7.99. The summed E-state index contributed by atoms with van der Waals surface area (Å²) in [5, 5.41) is 11.9. The molecule has 0 spiro atoms. The summed E-state index contributed by atoms with van der Waals surface area (Å²) in [6.45, 7) is 1.04. The number of hydrogen-bond donors (Lipinski definition) is 2. The second-order valence-corrected chi connectivity index (χ2v) is 3.79. The molecule has 0 bridgehead atoms. The van der Waals surface area contributed by atoms with Crippen molar-refractivity contribution in [2.75, 3.05) is 38.9 Å². The average molecular weight is 193 g/mol. The Kier molecular flexibility index (Phi) is 9.50. The minimum atomic E-state index is 0.224. The predicted molar refractivity (Wildman–Crippen MR) is 53.8 cm³/mol. The van der Waals surface area contributed by atoms with Crippen molar-refractivity contribution in [1.82, 2.24) is 5.32 Å². The highest BCUT2D eigenvalue weighted by Gasteiger charge is 2.02. The molecule has 0 saturated carbocycles. The third-order valence-electron chi connectivity index (χ3n) is 1.67. The maximum Gasteiger partial charge on any atom is 0.0584 e. The Hall–Kier alpha value is 0.230. The molecule has 0 rings (SSSR count). The van der Waals surface area contributed by atoms with Crippen LogP contribution in [0.2, 0.25) is 0 Å². The summed E-state index contributed by atoms with van der Waals surface area (Å²) in [7, 11) is 3.59. The van der Waals surface area contributed by atoms with Crippen molar-refractivity contribution in [3.63, 3.8) is 0 Å². The van der Waals surface area contributed by atoms with E-state index in [0.29, 0.717) is 0 Å². The van der Waals surface area contributed by atoms with Crippen LogP contribution in [0.5, 0.6) is 0 Å². The van der Waals surface area contributed by atoms with Gasteiger partial charge in [0.1, 0.15) is 0 Å². The van der Waals surface area contributed by atoms with Gasteiger partial charge >= 0.3 is 0 Å². The lowest BCUT2D eigenvalue weighted by atomic mass is 10.2. The Balaban J connectivity index is 3.06. The Bertz CT molecular complexity index is 89.1. The molecule has 4 heteroatoms. The van der Waals surface area contributed by atoms with E-state index in [4.69, 9.17) is 9.84 Å². The SMILES string of the molecule is CNC(CO)CCSCCOC. The van der Waals surface area contributed by atoms with Crippen LogP contribution in [0.1, 0.15) is 6.42 Å². The largest absolute Gasteiger partial charge is 0.395 e. The number of methoxy groups -OCH3 is 1. The van der Waals surface area contributed by atoms with Crippen molar-refractivity contribution < 1.29 is 9.84 Å². The molecule has 0 aliphatic carbocycles. The first-order chi connectivity index (χ1) is 5.85. The van der Waals surface area contributed by atoms with Crippen molar-refractivity contribution in [3.05, 3.63) is 0 Å². The van der Waals surface area contributed by atoms with Crippen LogP contribution >= 0.6 is 11.8 Å². The second kappa shape index (κ2) is 9.32. The monoisotopic (exact) mass is 193 g/mol. The first kappa shape index (κ1) is 12.2. The van der Waals surface area contributed by atoms with Crippen molar-refractivity contribution in [3.8, 4) is 0 Å². The van der Waals surface area contributed by atoms with Crippen LogP contribution in [0.4, 0.5) is 0 Å². The third kappa shape index (κ3) is 6.91. The van der Waals surface area contributed by atoms with Gasteiger partial charge in [0, 0.05) is 18.9 Å². The molecule has 0 aliphatic rings. The predicted octanol–water partition coefficient (Wildman–Crippen LogP) is 0.336. The van der Waals surface area contributed by atoms with E-state index in [0.717, 1.165) is 24.5 Å². The lowest BCUT2D eigenvalue weighted by molar-refractivity contribution is 0.218. The minimum Gasteiger partial charge on any atom is -0.395 e. The zero-order chi connectivity index (χ0) is 9.23. The summed E-state index contributed by atoms with van der Waals surface area (Å²) in [6.07, 6.45) is 1.02. The highest BCUT2D eigenvalue weighted by Crippen LogP contribution is 2.04. The molecule has 0 aliphatic heterocycles. The Labute approximate surface area is 78.9 Å². The molecule has 3 nitrogen and oxygen atoms in total. The molecular weight excluding hydrogens is 174 g/mol. The maximum atomic E-state index is 8.83. The van der Waals surface area contributed by atoms with Crippen LogP contribution < -0.4 is 5.32 Å². The average Bonchev–Trinajstić information content (AvgIpc) is 2.11. The molecule has 1 unspecified atom stereocenters. The lowest BCUT2D eigenvalue weighted by Crippen LogP contribution is -2.29. The van der Waals surface area contributed by atoms with E-state index in [1.165, 1.54) is 0 Å². The van der Waals surface area contributed by atoms with Gasteiger partial charge in [-0.2, -0.15) is 11.8 Å². The molecule has 0 saturated heterocycles. The van der Waals surface area contributed by atoms with E-state index < -0.39 is 0 Å². The van der Waals surface area contributed by atoms with Gasteiger partial charge in [-0.1, -0.05) is 0 Å². The van der Waals surface area contributed by atoms with Crippen molar-refractivity contribution in [1.29, 1.82) is 0 Å². The Morgan fingerprint density at radius 2 is 2.25 bits per heavy atom. The highest BCUT2D eigenvalue weighted by atomic mass is 32.2. The zero-order valence-corrected chi connectivity index (χ0v) is 8.69. The molecule has 2 N–H and O–H groups in total. The summed E-state index contributed by atoms with van der Waals surface area (Å²) in [6, 6.07) is 0.250. The number of rotatable bonds is 8. The summed E-state index contributed by atoms with van der Waals surface area (Å²) in [4.78, 5) is 0. The van der Waals surface area contributed by atoms with Crippen LogP contribution in [0, 0.1) is 0 Å². The Morgan fingerprint density at radius 3 is 2.75 bits per heavy atom. The maximum absolute atomic E-state index is 8.83. The first-order valence-electron chi connectivity index (χ1n) is 4.20. The van der Waals surface area contributed by atoms with E-state index in [1.54, 1.807) is 7.11 Å². The standard InChI is InChI=1S/C8H19NO2S/c1-9-8(7-10)3-5-12-6-4-11-2/h8-10H,3-7H2,1-2H3. The molecule has 0 heterocycles. The van der Waals surface area contributed by atoms with Gasteiger partial charge in [0.2, 0.25) is 0 Å². The topological polar surface area (TPSA) is 41.5 Å². The Morgan fingerprint density at radius 1 is 1.50 bits per heavy atom. The van der Waals surface area contributed by atoms with Crippen LogP contribution in [0.3, 0.4) is 0 Å². The van der Waals surface area contributed by atoms with Gasteiger partial charge in [-0.25, -0.2) is 0 Å². The number of likely N-dealkylation sites (N-methyl/N-ethyl adjacent to an activating group) is 1. The molecule has 0 aromatic carbocycles. The number of thioether (sulfide) groups is 1. The summed E-state index contributed by atoms with van der Waals surface area (Å²) in [5.74, 6) is 2.12. The van der Waals surface area contributed by atoms with E-state index in [-0.39, 0.29) is 12.6 Å². The van der Waals surface area contributed by atoms with Gasteiger partial charge < -0.3 is 15.2 Å². The lowest BCUT2D eigenvalue weighted by Gasteiger charge is -2.11. The molecule has 0 fully saturated rings. The zero-order valence-electron chi connectivity index (χ0n) is 7.88. The quantitative estimate of drug-likeness (QED) is 0.545. The van der Waals surface area contributed by atoms with Gasteiger partial charge in [0.25, 0.3) is 0 Å². The van der Waals surface area contributed by atoms with Crippen molar-refractivity contribution in [2.24, 2.45) is 0 Å². The van der Waals surface area contributed by atoms with Crippen LogP contribution in [0.15, 0.2) is 0 Å². The number of hydrogen-bond acceptors (Lipinski definition) is 4. The number of nitrogens with one attached hydrogen (secondary N) is 1. The van der Waals surface area contributed by atoms with E-state index in [2.05, 4.69) is 5.32 Å². The fourth-order valence-electron chi connectivity index (χ4n) is 0.797. The normalized spacial score (nSPS) is 13.2. The van der Waals surface area contributed by atoms with E-state index in [9.17, 15) is 0 Å². The first-order valence-corrected chi connectivity index (χ1v) is 5.35. The molecule has 1 atom stereocenters. The van der Waals surface area contributed by atoms with Crippen LogP contribution in [0.25, 0.3) is 0 Å². The van der Waals surface area contributed by atoms with Gasteiger partial charge in [0.05, 0.1) is 13.2 Å². The van der Waals surface area contributed by atoms with Crippen LogP contribution in [-0.4, -0.2) is 50.0 Å². The number of aliphatic hydroxyl groups excluding tert-OH is 1. The van der Waals surface area contributed by atoms with Gasteiger partial charge in [0.15, 0.2) is 0 Å². The summed E-state index contributed by atoms with van der Waals surface area (Å²) >= 11 is 1.86. The summed E-state index contributed by atoms with van der Waals surface area (Å²) < 4.78 is 4.92. The second-order valence-electron chi connectivity index (χ2n) is 2.56. The molecule has 12 heavy (non-hydrogen) atoms. The van der Waals surface area contributed by atoms with E-state index >= 15 is 0 Å². The van der Waals surface area contributed by atoms with Crippen molar-refractivity contribution in [2.45, 2.75) is 12.5 Å². The fourth-order valence-corrected chi connectivity index (χ4v) is 1.74. The molecule has 0 aromatic rings. The molecule has 0 amide bonds. The third-order valence-corrected chi connectivity index (χ3v) is 2.65. The van der Waals surface area contributed by atoms with Gasteiger partial charge in [-0.05, 0) is 19.2 Å². The van der Waals surface area contributed by atoms with Crippen molar-refractivity contribution >= 4 is 11.8 Å². The minimum absolute atomic E-state index is 0.224. The molecule has 0 aromatic heterocycles. The van der Waals surface area contributed by atoms with Crippen LogP contribution in [-0.2, 0) is 4.74 Å². The molecular formula is C8H19NO2S.